The molecule has 1 aliphatic rings. The summed E-state index contributed by atoms with van der Waals surface area (Å²) in [4.78, 5) is 39.8. The largest absolute Gasteiger partial charge is 0.481 e. The van der Waals surface area contributed by atoms with E-state index in [2.05, 4.69) is 0 Å². The Morgan fingerprint density at radius 3 is 2.31 bits per heavy atom. The van der Waals surface area contributed by atoms with E-state index in [1.54, 1.807) is 30.0 Å². The second-order valence-corrected chi connectivity index (χ2v) is 9.61. The molecular formula is C25H27Cl2NO4. The Morgan fingerprint density at radius 1 is 1.12 bits per heavy atom. The van der Waals surface area contributed by atoms with Gasteiger partial charge in [-0.05, 0) is 55.2 Å². The number of piperidine rings is 1. The Morgan fingerprint density at radius 2 is 1.78 bits per heavy atom. The third-order valence-corrected chi connectivity index (χ3v) is 6.81. The number of Topliss-reactive ketones (excluding diaryl/α,β-unsaturated/α-hetero) is 1. The third kappa shape index (κ3) is 4.84. The van der Waals surface area contributed by atoms with Crippen LogP contribution >= 0.6 is 23.2 Å². The maximum atomic E-state index is 13.8. The molecule has 0 aliphatic carbocycles. The number of benzene rings is 2. The summed E-state index contributed by atoms with van der Waals surface area (Å²) in [5, 5.41) is 10.7. The predicted octanol–water partition coefficient (Wildman–Crippen LogP) is 5.90. The van der Waals surface area contributed by atoms with Gasteiger partial charge in [0.25, 0.3) is 0 Å². The van der Waals surface area contributed by atoms with Crippen molar-refractivity contribution >= 4 is 40.9 Å². The Kier molecular flexibility index (Phi) is 7.31. The number of amides is 1. The van der Waals surface area contributed by atoms with Gasteiger partial charge in [-0.3, -0.25) is 14.4 Å². The Bertz CT molecular complexity index is 1020. The fourth-order valence-corrected chi connectivity index (χ4v) is 5.23. The summed E-state index contributed by atoms with van der Waals surface area (Å²) < 4.78 is 0. The Hall–Kier alpha value is -2.37. The van der Waals surface area contributed by atoms with Crippen LogP contribution in [0, 0.1) is 5.41 Å². The average Bonchev–Trinajstić information content (AvgIpc) is 2.71. The van der Waals surface area contributed by atoms with Gasteiger partial charge in [0.1, 0.15) is 0 Å². The zero-order chi connectivity index (χ0) is 23.6. The number of carboxylic acid groups (broad SMARTS) is 1. The lowest BCUT2D eigenvalue weighted by atomic mass is 9.67. The van der Waals surface area contributed by atoms with Crippen molar-refractivity contribution in [1.29, 1.82) is 0 Å². The molecule has 4 atom stereocenters. The molecule has 2 aromatic rings. The molecule has 2 unspecified atom stereocenters. The highest BCUT2D eigenvalue weighted by Gasteiger charge is 2.52. The summed E-state index contributed by atoms with van der Waals surface area (Å²) in [7, 11) is 0. The number of ketones is 1. The summed E-state index contributed by atoms with van der Waals surface area (Å²) >= 11 is 12.4. The fraction of sp³-hybridized carbons (Fsp3) is 0.400. The Labute approximate surface area is 198 Å². The molecule has 1 amide bonds. The number of carbonyl (C=O) groups excluding carboxylic acids is 2. The number of hydrogen-bond acceptors (Lipinski definition) is 3. The van der Waals surface area contributed by atoms with Crippen molar-refractivity contribution in [3.63, 3.8) is 0 Å². The number of carboxylic acids is 1. The van der Waals surface area contributed by atoms with Crippen LogP contribution in [0.2, 0.25) is 10.0 Å². The zero-order valence-corrected chi connectivity index (χ0v) is 19.9. The fourth-order valence-electron chi connectivity index (χ4n) is 4.90. The van der Waals surface area contributed by atoms with E-state index in [-0.39, 0.29) is 24.0 Å². The van der Waals surface area contributed by atoms with Crippen molar-refractivity contribution in [2.75, 3.05) is 0 Å². The topological polar surface area (TPSA) is 74.7 Å². The van der Waals surface area contributed by atoms with Gasteiger partial charge in [0.2, 0.25) is 5.91 Å². The van der Waals surface area contributed by atoms with E-state index < -0.39 is 23.5 Å². The molecule has 3 rings (SSSR count). The first-order valence-electron chi connectivity index (χ1n) is 10.6. The lowest BCUT2D eigenvalue weighted by Gasteiger charge is -2.51. The van der Waals surface area contributed by atoms with Gasteiger partial charge in [-0.2, -0.15) is 0 Å². The minimum absolute atomic E-state index is 0.135. The van der Waals surface area contributed by atoms with E-state index >= 15 is 0 Å². The van der Waals surface area contributed by atoms with Crippen LogP contribution in [0.25, 0.3) is 0 Å². The van der Waals surface area contributed by atoms with E-state index in [4.69, 9.17) is 23.2 Å². The molecule has 1 saturated heterocycles. The van der Waals surface area contributed by atoms with Crippen molar-refractivity contribution in [2.24, 2.45) is 5.41 Å². The highest BCUT2D eigenvalue weighted by molar-refractivity contribution is 6.30. The van der Waals surface area contributed by atoms with Gasteiger partial charge in [-0.25, -0.2) is 0 Å². The highest BCUT2D eigenvalue weighted by Crippen LogP contribution is 2.52. The molecule has 0 bridgehead atoms. The summed E-state index contributed by atoms with van der Waals surface area (Å²) in [5.41, 5.74) is 0.569. The second kappa shape index (κ2) is 9.63. The van der Waals surface area contributed by atoms with Crippen LogP contribution < -0.4 is 0 Å². The smallest absolute Gasteiger partial charge is 0.304 e. The van der Waals surface area contributed by atoms with Crippen LogP contribution in [0.15, 0.2) is 48.5 Å². The SMILES string of the molecule is CCC(C(C)=O)N1C(=O)[C@@](C)(CC(=O)O)C[C@H](c2cccc(Cl)c2)C1c1ccc(Cl)cc1. The highest BCUT2D eigenvalue weighted by atomic mass is 35.5. The molecule has 5 nitrogen and oxygen atoms in total. The van der Waals surface area contributed by atoms with Gasteiger partial charge in [0, 0.05) is 16.0 Å². The third-order valence-electron chi connectivity index (χ3n) is 6.32. The maximum absolute atomic E-state index is 13.8. The molecular weight excluding hydrogens is 449 g/mol. The van der Waals surface area contributed by atoms with Crippen LogP contribution in [0.4, 0.5) is 0 Å². The molecule has 7 heteroatoms. The first-order valence-corrected chi connectivity index (χ1v) is 11.4. The molecule has 1 aliphatic heterocycles. The molecule has 1 fully saturated rings. The van der Waals surface area contributed by atoms with Gasteiger partial charge in [0.05, 0.1) is 23.9 Å². The molecule has 32 heavy (non-hydrogen) atoms. The number of hydrogen-bond donors (Lipinski definition) is 1. The number of aliphatic carboxylic acids is 1. The summed E-state index contributed by atoms with van der Waals surface area (Å²) in [6.07, 6.45) is 0.425. The van der Waals surface area contributed by atoms with E-state index in [9.17, 15) is 19.5 Å². The first kappa shape index (κ1) is 24.3. The quantitative estimate of drug-likeness (QED) is 0.540. The number of nitrogens with zero attached hydrogens (tertiary/aromatic N) is 1. The van der Waals surface area contributed by atoms with E-state index in [0.29, 0.717) is 22.9 Å². The summed E-state index contributed by atoms with van der Waals surface area (Å²) in [6.45, 7) is 5.01. The molecule has 2 aromatic carbocycles. The normalized spacial score (nSPS) is 24.3. The van der Waals surface area contributed by atoms with Crippen LogP contribution in [-0.4, -0.2) is 33.7 Å². The summed E-state index contributed by atoms with van der Waals surface area (Å²) in [5.74, 6) is -1.76. The molecule has 0 spiro atoms. The molecule has 0 saturated carbocycles. The molecule has 0 radical (unpaired) electrons. The van der Waals surface area contributed by atoms with Gasteiger partial charge >= 0.3 is 5.97 Å². The summed E-state index contributed by atoms with van der Waals surface area (Å²) in [6, 6.07) is 13.5. The number of halogens is 2. The molecule has 170 valence electrons. The number of likely N-dealkylation sites (tertiary alicyclic amines) is 1. The molecule has 1 N–H and O–H groups in total. The van der Waals surface area contributed by atoms with Crippen molar-refractivity contribution in [2.45, 2.75) is 58.0 Å². The maximum Gasteiger partial charge on any atom is 0.304 e. The van der Waals surface area contributed by atoms with Crippen molar-refractivity contribution < 1.29 is 19.5 Å². The van der Waals surface area contributed by atoms with Gasteiger partial charge in [-0.15, -0.1) is 0 Å². The van der Waals surface area contributed by atoms with E-state index in [1.165, 1.54) is 6.92 Å². The van der Waals surface area contributed by atoms with Crippen LogP contribution in [0.3, 0.4) is 0 Å². The van der Waals surface area contributed by atoms with Crippen molar-refractivity contribution in [3.05, 3.63) is 69.7 Å². The van der Waals surface area contributed by atoms with Gasteiger partial charge in [-0.1, -0.05) is 61.3 Å². The van der Waals surface area contributed by atoms with Crippen LogP contribution in [-0.2, 0) is 14.4 Å². The first-order chi connectivity index (χ1) is 15.1. The van der Waals surface area contributed by atoms with Crippen LogP contribution in [0.1, 0.15) is 63.1 Å². The van der Waals surface area contributed by atoms with Gasteiger partial charge < -0.3 is 10.0 Å². The lowest BCUT2D eigenvalue weighted by Crippen LogP contribution is -2.57. The minimum atomic E-state index is -1.16. The van der Waals surface area contributed by atoms with Crippen LogP contribution in [0.5, 0.6) is 0 Å². The zero-order valence-electron chi connectivity index (χ0n) is 18.3. The van der Waals surface area contributed by atoms with Crippen molar-refractivity contribution in [1.82, 2.24) is 4.90 Å². The predicted molar refractivity (Wildman–Crippen MR) is 125 cm³/mol. The molecule has 0 aromatic heterocycles. The standard InChI is InChI=1S/C25H27Cl2NO4/c1-4-21(15(2)29)28-23(16-8-10-18(26)11-9-16)20(17-6-5-7-19(27)12-17)13-25(3,24(28)32)14-22(30)31/h5-12,20-21,23H,4,13-14H2,1-3H3,(H,30,31)/t20-,21?,23?,25-/m1/s1. The van der Waals surface area contributed by atoms with Gasteiger partial charge in [0.15, 0.2) is 5.78 Å². The number of rotatable bonds is 7. The van der Waals surface area contributed by atoms with E-state index in [0.717, 1.165) is 11.1 Å². The average molecular weight is 476 g/mol. The van der Waals surface area contributed by atoms with E-state index in [1.807, 2.05) is 37.3 Å². The molecule has 1 heterocycles. The van der Waals surface area contributed by atoms with Crippen molar-refractivity contribution in [3.8, 4) is 0 Å². The number of carbonyl (C=O) groups is 3. The lowest BCUT2D eigenvalue weighted by molar-refractivity contribution is -0.162. The Balaban J connectivity index is 2.26. The monoisotopic (exact) mass is 475 g/mol. The second-order valence-electron chi connectivity index (χ2n) is 8.74. The minimum Gasteiger partial charge on any atom is -0.481 e.